The van der Waals surface area contributed by atoms with Crippen molar-refractivity contribution in [1.82, 2.24) is 10.3 Å². The van der Waals surface area contributed by atoms with Crippen LogP contribution in [-0.4, -0.2) is 28.4 Å². The van der Waals surface area contributed by atoms with E-state index in [1.807, 2.05) is 12.1 Å². The molecule has 0 atom stereocenters. The number of nitrogens with one attached hydrogen (secondary N) is 2. The fraction of sp³-hybridized carbons (Fsp3) is 0.438. The summed E-state index contributed by atoms with van der Waals surface area (Å²) < 4.78 is 5.21. The van der Waals surface area contributed by atoms with E-state index in [0.29, 0.717) is 22.6 Å². The molecule has 122 valence electrons. The van der Waals surface area contributed by atoms with Crippen LogP contribution < -0.4 is 10.1 Å². The number of nitrogens with zero attached hydrogens (tertiary/aromatic N) is 2. The van der Waals surface area contributed by atoms with Crippen molar-refractivity contribution in [2.45, 2.75) is 38.1 Å². The van der Waals surface area contributed by atoms with Gasteiger partial charge in [-0.3, -0.25) is 0 Å². The molecule has 3 N–H and O–H groups in total. The van der Waals surface area contributed by atoms with Gasteiger partial charge in [-0.1, -0.05) is 19.3 Å². The Bertz CT molecular complexity index is 735. The normalized spacial score (nSPS) is 16.0. The zero-order valence-electron chi connectivity index (χ0n) is 13.0. The van der Waals surface area contributed by atoms with Gasteiger partial charge in [0.15, 0.2) is 5.69 Å². The van der Waals surface area contributed by atoms with Gasteiger partial charge in [0.2, 0.25) is 11.0 Å². The number of rotatable bonds is 3. The molecule has 6 nitrogen and oxygen atoms in total. The minimum atomic E-state index is -0.0301. The molecule has 0 radical (unpaired) electrons. The van der Waals surface area contributed by atoms with E-state index < -0.39 is 0 Å². The molecule has 0 aliphatic heterocycles. The van der Waals surface area contributed by atoms with Crippen LogP contribution in [0.15, 0.2) is 28.4 Å². The Kier molecular flexibility index (Phi) is 4.76. The van der Waals surface area contributed by atoms with Gasteiger partial charge in [-0.15, -0.1) is 10.2 Å². The van der Waals surface area contributed by atoms with E-state index in [2.05, 4.69) is 20.5 Å². The van der Waals surface area contributed by atoms with Gasteiger partial charge >= 0.3 is 0 Å². The maximum atomic E-state index is 10.0. The van der Waals surface area contributed by atoms with Crippen LogP contribution in [0.25, 0.3) is 10.9 Å². The Labute approximate surface area is 139 Å². The summed E-state index contributed by atoms with van der Waals surface area (Å²) in [6.45, 7) is 0. The zero-order valence-corrected chi connectivity index (χ0v) is 13.8. The van der Waals surface area contributed by atoms with E-state index in [0.717, 1.165) is 23.7 Å². The number of fused-ring (bicyclic) bond motifs is 1. The lowest BCUT2D eigenvalue weighted by Gasteiger charge is -2.22. The molecule has 1 saturated carbocycles. The van der Waals surface area contributed by atoms with Crippen molar-refractivity contribution in [3.05, 3.63) is 18.2 Å². The monoisotopic (exact) mass is 332 g/mol. The topological polar surface area (TPSA) is 82.0 Å². The molecular weight excluding hydrogens is 312 g/mol. The van der Waals surface area contributed by atoms with Crippen molar-refractivity contribution in [3.8, 4) is 11.6 Å². The third-order valence-electron chi connectivity index (χ3n) is 4.13. The fourth-order valence-corrected chi connectivity index (χ4v) is 3.12. The lowest BCUT2D eigenvalue weighted by Crippen LogP contribution is -2.33. The molecule has 1 aliphatic carbocycles. The first-order chi connectivity index (χ1) is 11.2. The Morgan fingerprint density at radius 3 is 2.87 bits per heavy atom. The summed E-state index contributed by atoms with van der Waals surface area (Å²) in [7, 11) is 1.60. The molecule has 0 unspecified atom stereocenters. The third kappa shape index (κ3) is 3.61. The van der Waals surface area contributed by atoms with E-state index in [4.69, 9.17) is 17.0 Å². The first-order valence-electron chi connectivity index (χ1n) is 7.78. The molecule has 1 aromatic heterocycles. The molecule has 23 heavy (non-hydrogen) atoms. The van der Waals surface area contributed by atoms with Crippen LogP contribution in [0.2, 0.25) is 0 Å². The van der Waals surface area contributed by atoms with Gasteiger partial charge < -0.3 is 20.1 Å². The van der Waals surface area contributed by atoms with Gasteiger partial charge in [-0.2, -0.15) is 0 Å². The Hall–Kier alpha value is -2.15. The maximum Gasteiger partial charge on any atom is 0.218 e. The third-order valence-corrected chi connectivity index (χ3v) is 4.33. The van der Waals surface area contributed by atoms with Crippen LogP contribution in [0.3, 0.4) is 0 Å². The Morgan fingerprint density at radius 1 is 1.35 bits per heavy atom. The molecular formula is C16H20N4O2S. The SMILES string of the molecule is COc1ccc2[nH]c(O)c(N=NC(=S)NC3CCCCC3)c2c1. The predicted molar refractivity (Wildman–Crippen MR) is 93.6 cm³/mol. The Morgan fingerprint density at radius 2 is 2.13 bits per heavy atom. The lowest BCUT2D eigenvalue weighted by molar-refractivity contribution is 0.414. The molecule has 3 rings (SSSR count). The van der Waals surface area contributed by atoms with Gasteiger partial charge in [0.1, 0.15) is 5.75 Å². The molecule has 1 aliphatic rings. The van der Waals surface area contributed by atoms with Gasteiger partial charge in [0, 0.05) is 11.4 Å². The summed E-state index contributed by atoms with van der Waals surface area (Å²) >= 11 is 5.23. The zero-order chi connectivity index (χ0) is 16.2. The number of aromatic hydroxyl groups is 1. The van der Waals surface area contributed by atoms with Crippen molar-refractivity contribution in [3.63, 3.8) is 0 Å². The highest BCUT2D eigenvalue weighted by Gasteiger charge is 2.15. The first kappa shape index (κ1) is 15.7. The molecule has 1 heterocycles. The summed E-state index contributed by atoms with van der Waals surface area (Å²) in [5.41, 5.74) is 1.13. The average Bonchev–Trinajstić information content (AvgIpc) is 2.88. The highest BCUT2D eigenvalue weighted by molar-refractivity contribution is 7.80. The van der Waals surface area contributed by atoms with Crippen LogP contribution in [-0.2, 0) is 0 Å². The smallest absolute Gasteiger partial charge is 0.218 e. The van der Waals surface area contributed by atoms with Gasteiger partial charge in [-0.25, -0.2) is 0 Å². The summed E-state index contributed by atoms with van der Waals surface area (Å²) in [4.78, 5) is 2.87. The number of H-pyrrole nitrogens is 1. The number of aromatic amines is 1. The van der Waals surface area contributed by atoms with Crippen LogP contribution in [0, 0.1) is 0 Å². The maximum absolute atomic E-state index is 10.0. The minimum absolute atomic E-state index is 0.0301. The number of ether oxygens (including phenoxy) is 1. The van der Waals surface area contributed by atoms with E-state index in [9.17, 15) is 5.11 Å². The summed E-state index contributed by atoms with van der Waals surface area (Å²) in [5, 5.41) is 22.5. The van der Waals surface area contributed by atoms with Crippen LogP contribution in [0.5, 0.6) is 11.6 Å². The standard InChI is InChI=1S/C16H20N4O2S/c1-22-11-7-8-13-12(9-11)14(15(21)18-13)19-20-16(23)17-10-5-3-2-4-6-10/h7-10,18,21H,2-6H2,1H3,(H,17,23). The summed E-state index contributed by atoms with van der Waals surface area (Å²) in [6, 6.07) is 5.82. The average molecular weight is 332 g/mol. The van der Waals surface area contributed by atoms with Crippen LogP contribution >= 0.6 is 12.2 Å². The minimum Gasteiger partial charge on any atom is -0.497 e. The van der Waals surface area contributed by atoms with Crippen LogP contribution in [0.1, 0.15) is 32.1 Å². The molecule has 0 amide bonds. The second-order valence-electron chi connectivity index (χ2n) is 5.72. The van der Waals surface area contributed by atoms with E-state index in [1.54, 1.807) is 13.2 Å². The molecule has 7 heteroatoms. The number of benzene rings is 1. The summed E-state index contributed by atoms with van der Waals surface area (Å²) in [6.07, 6.45) is 5.97. The number of thiocarbonyl (C=S) groups is 1. The van der Waals surface area contributed by atoms with Crippen LogP contribution in [0.4, 0.5) is 5.69 Å². The number of methoxy groups -OCH3 is 1. The first-order valence-corrected chi connectivity index (χ1v) is 8.19. The quantitative estimate of drug-likeness (QED) is 0.582. The van der Waals surface area contributed by atoms with E-state index in [-0.39, 0.29) is 5.88 Å². The van der Waals surface area contributed by atoms with Gasteiger partial charge in [-0.05, 0) is 43.3 Å². The fourth-order valence-electron chi connectivity index (χ4n) is 2.92. The van der Waals surface area contributed by atoms with Gasteiger partial charge in [0.05, 0.1) is 12.6 Å². The molecule has 1 aromatic carbocycles. The van der Waals surface area contributed by atoms with E-state index >= 15 is 0 Å². The second-order valence-corrected chi connectivity index (χ2v) is 6.10. The highest BCUT2D eigenvalue weighted by Crippen LogP contribution is 2.37. The van der Waals surface area contributed by atoms with E-state index in [1.165, 1.54) is 19.3 Å². The largest absolute Gasteiger partial charge is 0.497 e. The van der Waals surface area contributed by atoms with Crippen molar-refractivity contribution >= 4 is 33.9 Å². The number of hydrogen-bond acceptors (Lipinski definition) is 4. The predicted octanol–water partition coefficient (Wildman–Crippen LogP) is 4.17. The van der Waals surface area contributed by atoms with Crippen molar-refractivity contribution < 1.29 is 9.84 Å². The highest BCUT2D eigenvalue weighted by atomic mass is 32.1. The van der Waals surface area contributed by atoms with Crippen molar-refractivity contribution in [2.75, 3.05) is 7.11 Å². The Balaban J connectivity index is 1.77. The van der Waals surface area contributed by atoms with Gasteiger partial charge in [0.25, 0.3) is 0 Å². The van der Waals surface area contributed by atoms with Crippen molar-refractivity contribution in [1.29, 1.82) is 0 Å². The lowest BCUT2D eigenvalue weighted by atomic mass is 9.96. The second kappa shape index (κ2) is 6.95. The molecule has 1 fully saturated rings. The molecule has 2 aromatic rings. The number of aromatic nitrogens is 1. The molecule has 0 spiro atoms. The number of hydrogen-bond donors (Lipinski definition) is 3. The number of azo groups is 1. The molecule has 0 bridgehead atoms. The molecule has 0 saturated heterocycles. The summed E-state index contributed by atoms with van der Waals surface area (Å²) in [5.74, 6) is 0.660. The van der Waals surface area contributed by atoms with Crippen molar-refractivity contribution in [2.24, 2.45) is 10.2 Å².